The summed E-state index contributed by atoms with van der Waals surface area (Å²) in [5.74, 6) is -0.993. The molecule has 5 nitrogen and oxygen atoms in total. The molecule has 5 heteroatoms. The van der Waals surface area contributed by atoms with E-state index in [-0.39, 0.29) is 18.2 Å². The number of nitrogens with one attached hydrogen (secondary N) is 1. The normalized spacial score (nSPS) is 19.4. The molecular formula is C12H14N2O3. The summed E-state index contributed by atoms with van der Waals surface area (Å²) < 4.78 is 4.55. The molecular weight excluding hydrogens is 220 g/mol. The highest BCUT2D eigenvalue weighted by atomic mass is 16.5. The number of fused-ring (bicyclic) bond motifs is 1. The van der Waals surface area contributed by atoms with Crippen LogP contribution in [0.15, 0.2) is 24.3 Å². The highest BCUT2D eigenvalue weighted by molar-refractivity contribution is 6.03. The van der Waals surface area contributed by atoms with Gasteiger partial charge in [-0.1, -0.05) is 18.2 Å². The molecule has 1 amide bonds. The first-order chi connectivity index (χ1) is 8.13. The fourth-order valence-corrected chi connectivity index (χ4v) is 2.01. The maximum atomic E-state index is 11.8. The van der Waals surface area contributed by atoms with E-state index < -0.39 is 12.0 Å². The largest absolute Gasteiger partial charge is 0.468 e. The standard InChI is InChI=1S/C12H14N2O3/c1-17-12(16)9(13)6-8-7-4-2-3-5-10(7)14-11(8)15/h2-5,8-9H,6,13H2,1H3,(H,14,15). The third kappa shape index (κ3) is 2.14. The number of rotatable bonds is 3. The molecule has 1 aromatic carbocycles. The van der Waals surface area contributed by atoms with Crippen LogP contribution in [0.3, 0.4) is 0 Å². The Morgan fingerprint density at radius 2 is 2.24 bits per heavy atom. The number of carbonyl (C=O) groups is 2. The summed E-state index contributed by atoms with van der Waals surface area (Å²) in [5, 5.41) is 2.76. The van der Waals surface area contributed by atoms with Gasteiger partial charge in [0.15, 0.2) is 0 Å². The summed E-state index contributed by atoms with van der Waals surface area (Å²) in [6, 6.07) is 6.62. The van der Waals surface area contributed by atoms with Crippen LogP contribution in [-0.4, -0.2) is 25.0 Å². The Labute approximate surface area is 98.9 Å². The van der Waals surface area contributed by atoms with Crippen molar-refractivity contribution in [3.05, 3.63) is 29.8 Å². The first kappa shape index (κ1) is 11.6. The van der Waals surface area contributed by atoms with Crippen molar-refractivity contribution in [3.8, 4) is 0 Å². The Morgan fingerprint density at radius 1 is 1.53 bits per heavy atom. The lowest BCUT2D eigenvalue weighted by Gasteiger charge is -2.13. The smallest absolute Gasteiger partial charge is 0.322 e. The first-order valence-electron chi connectivity index (χ1n) is 5.36. The van der Waals surface area contributed by atoms with Crippen molar-refractivity contribution in [1.82, 2.24) is 0 Å². The van der Waals surface area contributed by atoms with Crippen molar-refractivity contribution in [3.63, 3.8) is 0 Å². The first-order valence-corrected chi connectivity index (χ1v) is 5.36. The molecule has 3 N–H and O–H groups in total. The minimum Gasteiger partial charge on any atom is -0.468 e. The lowest BCUT2D eigenvalue weighted by molar-refractivity contribution is -0.142. The number of ether oxygens (including phenoxy) is 1. The molecule has 2 rings (SSSR count). The van der Waals surface area contributed by atoms with Crippen molar-refractivity contribution in [2.45, 2.75) is 18.4 Å². The molecule has 0 radical (unpaired) electrons. The van der Waals surface area contributed by atoms with Gasteiger partial charge >= 0.3 is 5.97 Å². The second-order valence-electron chi connectivity index (χ2n) is 3.99. The summed E-state index contributed by atoms with van der Waals surface area (Å²) in [7, 11) is 1.28. The van der Waals surface area contributed by atoms with Crippen LogP contribution in [0.4, 0.5) is 5.69 Å². The molecule has 17 heavy (non-hydrogen) atoms. The minimum atomic E-state index is -0.776. The Balaban J connectivity index is 2.17. The Bertz CT molecular complexity index is 459. The van der Waals surface area contributed by atoms with Gasteiger partial charge in [0.25, 0.3) is 0 Å². The average molecular weight is 234 g/mol. The Kier molecular flexibility index (Phi) is 3.10. The van der Waals surface area contributed by atoms with Crippen LogP contribution in [0.1, 0.15) is 17.9 Å². The van der Waals surface area contributed by atoms with E-state index in [9.17, 15) is 9.59 Å². The SMILES string of the molecule is COC(=O)C(N)CC1C(=O)Nc2ccccc21. The van der Waals surface area contributed by atoms with E-state index in [0.717, 1.165) is 11.3 Å². The second kappa shape index (κ2) is 4.55. The van der Waals surface area contributed by atoms with Gasteiger partial charge in [0.05, 0.1) is 13.0 Å². The van der Waals surface area contributed by atoms with E-state index in [1.165, 1.54) is 7.11 Å². The molecule has 0 saturated carbocycles. The lowest BCUT2D eigenvalue weighted by atomic mass is 9.94. The van der Waals surface area contributed by atoms with Crippen LogP contribution in [0.25, 0.3) is 0 Å². The van der Waals surface area contributed by atoms with Crippen LogP contribution in [0, 0.1) is 0 Å². The highest BCUT2D eigenvalue weighted by Crippen LogP contribution is 2.34. The molecule has 0 fully saturated rings. The van der Waals surface area contributed by atoms with Gasteiger partial charge in [0.2, 0.25) is 5.91 Å². The third-order valence-corrected chi connectivity index (χ3v) is 2.90. The number of esters is 1. The molecule has 0 aromatic heterocycles. The van der Waals surface area contributed by atoms with Gasteiger partial charge in [0.1, 0.15) is 6.04 Å². The molecule has 0 bridgehead atoms. The van der Waals surface area contributed by atoms with Crippen molar-refractivity contribution in [1.29, 1.82) is 0 Å². The fourth-order valence-electron chi connectivity index (χ4n) is 2.01. The Morgan fingerprint density at radius 3 is 2.94 bits per heavy atom. The van der Waals surface area contributed by atoms with Crippen molar-refractivity contribution >= 4 is 17.6 Å². The molecule has 2 atom stereocenters. The van der Waals surface area contributed by atoms with Gasteiger partial charge < -0.3 is 15.8 Å². The third-order valence-electron chi connectivity index (χ3n) is 2.90. The molecule has 2 unspecified atom stereocenters. The van der Waals surface area contributed by atoms with E-state index in [1.807, 2.05) is 24.3 Å². The van der Waals surface area contributed by atoms with Gasteiger partial charge in [-0.25, -0.2) is 0 Å². The number of para-hydroxylation sites is 1. The summed E-state index contributed by atoms with van der Waals surface area (Å²) in [6.45, 7) is 0. The second-order valence-corrected chi connectivity index (χ2v) is 3.99. The van der Waals surface area contributed by atoms with Gasteiger partial charge in [-0.05, 0) is 18.1 Å². The average Bonchev–Trinajstić information content (AvgIpc) is 2.65. The number of hydrogen-bond acceptors (Lipinski definition) is 4. The molecule has 90 valence electrons. The number of nitrogens with two attached hydrogens (primary N) is 1. The fraction of sp³-hybridized carbons (Fsp3) is 0.333. The van der Waals surface area contributed by atoms with Gasteiger partial charge in [-0.15, -0.1) is 0 Å². The monoisotopic (exact) mass is 234 g/mol. The summed E-state index contributed by atoms with van der Waals surface area (Å²) in [4.78, 5) is 23.0. The molecule has 0 spiro atoms. The molecule has 0 saturated heterocycles. The van der Waals surface area contributed by atoms with Gasteiger partial charge in [0, 0.05) is 5.69 Å². The van der Waals surface area contributed by atoms with E-state index >= 15 is 0 Å². The van der Waals surface area contributed by atoms with Crippen molar-refractivity contribution in [2.24, 2.45) is 5.73 Å². The van der Waals surface area contributed by atoms with E-state index in [4.69, 9.17) is 5.73 Å². The zero-order chi connectivity index (χ0) is 12.4. The van der Waals surface area contributed by atoms with Crippen molar-refractivity contribution in [2.75, 3.05) is 12.4 Å². The Hall–Kier alpha value is -1.88. The summed E-state index contributed by atoms with van der Waals surface area (Å²) in [6.07, 6.45) is 0.259. The lowest BCUT2D eigenvalue weighted by Crippen LogP contribution is -2.34. The number of amides is 1. The summed E-state index contributed by atoms with van der Waals surface area (Å²) in [5.41, 5.74) is 7.35. The molecule has 1 aliphatic heterocycles. The van der Waals surface area contributed by atoms with Gasteiger partial charge in [-0.3, -0.25) is 9.59 Å². The topological polar surface area (TPSA) is 81.4 Å². The molecule has 1 aliphatic rings. The van der Waals surface area contributed by atoms with E-state index in [0.29, 0.717) is 0 Å². The number of hydrogen-bond donors (Lipinski definition) is 2. The zero-order valence-corrected chi connectivity index (χ0v) is 9.47. The minimum absolute atomic E-state index is 0.120. The number of methoxy groups -OCH3 is 1. The summed E-state index contributed by atoms with van der Waals surface area (Å²) >= 11 is 0. The zero-order valence-electron chi connectivity index (χ0n) is 9.47. The predicted octanol–water partition coefficient (Wildman–Crippen LogP) is 0.613. The van der Waals surface area contributed by atoms with E-state index in [1.54, 1.807) is 0 Å². The van der Waals surface area contributed by atoms with Crippen LogP contribution >= 0.6 is 0 Å². The number of anilines is 1. The highest BCUT2D eigenvalue weighted by Gasteiger charge is 2.33. The van der Waals surface area contributed by atoms with Crippen molar-refractivity contribution < 1.29 is 14.3 Å². The molecule has 1 heterocycles. The molecule has 0 aliphatic carbocycles. The maximum Gasteiger partial charge on any atom is 0.322 e. The molecule has 1 aromatic rings. The maximum absolute atomic E-state index is 11.8. The van der Waals surface area contributed by atoms with Gasteiger partial charge in [-0.2, -0.15) is 0 Å². The number of benzene rings is 1. The van der Waals surface area contributed by atoms with Crippen LogP contribution in [0.2, 0.25) is 0 Å². The van der Waals surface area contributed by atoms with Crippen LogP contribution in [0.5, 0.6) is 0 Å². The predicted molar refractivity (Wildman–Crippen MR) is 62.4 cm³/mol. The van der Waals surface area contributed by atoms with E-state index in [2.05, 4.69) is 10.1 Å². The van der Waals surface area contributed by atoms with Crippen LogP contribution < -0.4 is 11.1 Å². The number of carbonyl (C=O) groups excluding carboxylic acids is 2. The quantitative estimate of drug-likeness (QED) is 0.751. The van der Waals surface area contributed by atoms with Crippen LogP contribution in [-0.2, 0) is 14.3 Å².